The van der Waals surface area contributed by atoms with E-state index in [4.69, 9.17) is 0 Å². The van der Waals surface area contributed by atoms with Crippen molar-refractivity contribution >= 4 is 5.71 Å². The van der Waals surface area contributed by atoms with Crippen LogP contribution >= 0.6 is 0 Å². The maximum Gasteiger partial charge on any atom is 0.200 e. The van der Waals surface area contributed by atoms with Gasteiger partial charge in [0.1, 0.15) is 6.61 Å². The lowest BCUT2D eigenvalue weighted by Crippen LogP contribution is -2.09. The molecule has 0 saturated carbocycles. The predicted octanol–water partition coefficient (Wildman–Crippen LogP) is 4.32. The highest BCUT2D eigenvalue weighted by atomic mass is 19.2. The zero-order valence-electron chi connectivity index (χ0n) is 11.2. The fourth-order valence-corrected chi connectivity index (χ4v) is 1.36. The van der Waals surface area contributed by atoms with Crippen LogP contribution in [0.1, 0.15) is 32.8 Å². The van der Waals surface area contributed by atoms with E-state index in [-0.39, 0.29) is 5.92 Å². The van der Waals surface area contributed by atoms with Crippen molar-refractivity contribution < 1.29 is 26.8 Å². The zero-order valence-corrected chi connectivity index (χ0v) is 11.2. The lowest BCUT2D eigenvalue weighted by Gasteiger charge is -2.09. The van der Waals surface area contributed by atoms with Gasteiger partial charge in [-0.05, 0) is 19.3 Å². The maximum atomic E-state index is 13.3. The van der Waals surface area contributed by atoms with Crippen LogP contribution < -0.4 is 0 Å². The van der Waals surface area contributed by atoms with Crippen molar-refractivity contribution in [1.82, 2.24) is 0 Å². The number of hydrogen-bond acceptors (Lipinski definition) is 2. The highest BCUT2D eigenvalue weighted by molar-refractivity contribution is 5.83. The zero-order chi connectivity index (χ0) is 15.4. The Balaban J connectivity index is 2.95. The summed E-state index contributed by atoms with van der Waals surface area (Å²) in [6.07, 6.45) is 0.779. The van der Waals surface area contributed by atoms with Crippen molar-refractivity contribution in [1.29, 1.82) is 0 Å². The third kappa shape index (κ3) is 3.26. The Hall–Kier alpha value is -1.66. The normalized spacial score (nSPS) is 13.5. The molecule has 0 aliphatic carbocycles. The molecule has 0 radical (unpaired) electrons. The minimum atomic E-state index is -2.19. The Morgan fingerprint density at radius 1 is 1.00 bits per heavy atom. The summed E-state index contributed by atoms with van der Waals surface area (Å²) in [4.78, 5) is 4.67. The molecule has 0 amide bonds. The van der Waals surface area contributed by atoms with E-state index >= 15 is 0 Å². The van der Waals surface area contributed by atoms with Crippen LogP contribution in [0, 0.1) is 35.0 Å². The second-order valence-electron chi connectivity index (χ2n) is 4.36. The summed E-state index contributed by atoms with van der Waals surface area (Å²) < 4.78 is 65.2. The minimum Gasteiger partial charge on any atom is -0.391 e. The average Bonchev–Trinajstić information content (AvgIpc) is 2.45. The van der Waals surface area contributed by atoms with Gasteiger partial charge in [-0.2, -0.15) is 0 Å². The molecule has 1 aromatic rings. The minimum absolute atomic E-state index is 0.0892. The van der Waals surface area contributed by atoms with Gasteiger partial charge in [0.05, 0.1) is 11.3 Å². The third-order valence-corrected chi connectivity index (χ3v) is 3.04. The monoisotopic (exact) mass is 295 g/mol. The van der Waals surface area contributed by atoms with Crippen molar-refractivity contribution in [3.63, 3.8) is 0 Å². The number of nitrogens with zero attached hydrogens (tertiary/aromatic N) is 1. The van der Waals surface area contributed by atoms with Crippen LogP contribution in [0.25, 0.3) is 0 Å². The van der Waals surface area contributed by atoms with E-state index in [9.17, 15) is 22.0 Å². The second-order valence-corrected chi connectivity index (χ2v) is 4.36. The fourth-order valence-electron chi connectivity index (χ4n) is 1.36. The molecule has 0 heterocycles. The van der Waals surface area contributed by atoms with Crippen LogP contribution in [0.2, 0.25) is 0 Å². The summed E-state index contributed by atoms with van der Waals surface area (Å²) in [6.45, 7) is 4.58. The molecule has 1 unspecified atom stereocenters. The van der Waals surface area contributed by atoms with Crippen molar-refractivity contribution in [2.24, 2.45) is 11.1 Å². The molecule has 112 valence electrons. The number of rotatable bonds is 5. The number of halogens is 5. The van der Waals surface area contributed by atoms with Gasteiger partial charge >= 0.3 is 0 Å². The molecule has 0 N–H and O–H groups in total. The van der Waals surface area contributed by atoms with E-state index in [0.29, 0.717) is 5.71 Å². The fraction of sp³-hybridized carbons (Fsp3) is 0.462. The van der Waals surface area contributed by atoms with E-state index in [1.807, 2.05) is 13.8 Å². The maximum absolute atomic E-state index is 13.3. The van der Waals surface area contributed by atoms with E-state index in [1.54, 1.807) is 6.92 Å². The molecule has 0 bridgehead atoms. The molecule has 0 fully saturated rings. The molecule has 1 atom stereocenters. The summed E-state index contributed by atoms with van der Waals surface area (Å²) >= 11 is 0. The van der Waals surface area contributed by atoms with Gasteiger partial charge in [-0.25, -0.2) is 22.0 Å². The molecule has 0 saturated heterocycles. The summed E-state index contributed by atoms with van der Waals surface area (Å²) in [7, 11) is 0. The Bertz CT molecular complexity index is 501. The van der Waals surface area contributed by atoms with Gasteiger partial charge in [-0.3, -0.25) is 0 Å². The summed E-state index contributed by atoms with van der Waals surface area (Å²) in [5, 5.41) is 3.60. The Morgan fingerprint density at radius 3 is 1.90 bits per heavy atom. The standard InChI is InChI=1S/C13H14F5NO/c1-4-6(2)7(3)19-20-5-8-9(14)11(16)13(18)12(17)10(8)15/h6H,4-5H2,1-3H3/b19-7+. The van der Waals surface area contributed by atoms with Crippen molar-refractivity contribution in [3.05, 3.63) is 34.6 Å². The number of benzene rings is 1. The third-order valence-electron chi connectivity index (χ3n) is 3.04. The smallest absolute Gasteiger partial charge is 0.200 e. The molecule has 20 heavy (non-hydrogen) atoms. The molecule has 0 spiro atoms. The van der Waals surface area contributed by atoms with E-state index in [1.165, 1.54) is 0 Å². The van der Waals surface area contributed by atoms with Gasteiger partial charge in [-0.15, -0.1) is 0 Å². The summed E-state index contributed by atoms with van der Waals surface area (Å²) in [5.74, 6) is -9.90. The molecular weight excluding hydrogens is 281 g/mol. The topological polar surface area (TPSA) is 21.6 Å². The van der Waals surface area contributed by atoms with Gasteiger partial charge in [0.25, 0.3) is 0 Å². The number of oxime groups is 1. The van der Waals surface area contributed by atoms with Crippen molar-refractivity contribution in [2.75, 3.05) is 0 Å². The Kier molecular flexibility index (Phi) is 5.47. The van der Waals surface area contributed by atoms with Crippen LogP contribution in [0.5, 0.6) is 0 Å². The molecule has 0 aliphatic heterocycles. The lowest BCUT2D eigenvalue weighted by atomic mass is 10.1. The van der Waals surface area contributed by atoms with Gasteiger partial charge in [0.15, 0.2) is 23.3 Å². The van der Waals surface area contributed by atoms with Crippen molar-refractivity contribution in [2.45, 2.75) is 33.8 Å². The van der Waals surface area contributed by atoms with Crippen LogP contribution in [0.4, 0.5) is 22.0 Å². The largest absolute Gasteiger partial charge is 0.391 e. The Labute approximate surface area is 113 Å². The van der Waals surface area contributed by atoms with Gasteiger partial charge in [0, 0.05) is 0 Å². The van der Waals surface area contributed by atoms with Gasteiger partial charge in [0.2, 0.25) is 5.82 Å². The molecule has 0 aromatic heterocycles. The highest BCUT2D eigenvalue weighted by Gasteiger charge is 2.25. The average molecular weight is 295 g/mol. The predicted molar refractivity (Wildman–Crippen MR) is 63.6 cm³/mol. The first-order valence-electron chi connectivity index (χ1n) is 5.97. The first-order valence-corrected chi connectivity index (χ1v) is 5.97. The van der Waals surface area contributed by atoms with Crippen LogP contribution in [-0.2, 0) is 11.4 Å². The van der Waals surface area contributed by atoms with E-state index in [2.05, 4.69) is 9.99 Å². The molecule has 0 aliphatic rings. The van der Waals surface area contributed by atoms with Crippen LogP contribution in [0.3, 0.4) is 0 Å². The first-order chi connectivity index (χ1) is 9.31. The van der Waals surface area contributed by atoms with Crippen LogP contribution in [0.15, 0.2) is 5.16 Å². The SMILES string of the molecule is CCC(C)/C(C)=N/OCc1c(F)c(F)c(F)c(F)c1F. The van der Waals surface area contributed by atoms with Crippen molar-refractivity contribution in [3.8, 4) is 0 Å². The molecule has 7 heteroatoms. The van der Waals surface area contributed by atoms with E-state index < -0.39 is 41.3 Å². The summed E-state index contributed by atoms with van der Waals surface area (Å²) in [6, 6.07) is 0. The Morgan fingerprint density at radius 2 is 1.45 bits per heavy atom. The van der Waals surface area contributed by atoms with Gasteiger partial charge < -0.3 is 4.84 Å². The number of hydrogen-bond donors (Lipinski definition) is 0. The first kappa shape index (κ1) is 16.4. The molecule has 2 nitrogen and oxygen atoms in total. The highest BCUT2D eigenvalue weighted by Crippen LogP contribution is 2.23. The second kappa shape index (κ2) is 6.67. The van der Waals surface area contributed by atoms with Crippen LogP contribution in [-0.4, -0.2) is 5.71 Å². The molecular formula is C13H14F5NO. The van der Waals surface area contributed by atoms with E-state index in [0.717, 1.165) is 6.42 Å². The quantitative estimate of drug-likeness (QED) is 0.261. The summed E-state index contributed by atoms with van der Waals surface area (Å²) in [5.41, 5.74) is -0.474. The lowest BCUT2D eigenvalue weighted by molar-refractivity contribution is 0.121. The van der Waals surface area contributed by atoms with Gasteiger partial charge in [-0.1, -0.05) is 19.0 Å². The molecule has 1 rings (SSSR count). The molecule has 1 aromatic carbocycles.